The smallest absolute Gasteiger partial charge is 0.343 e. The van der Waals surface area contributed by atoms with Gasteiger partial charge in [-0.1, -0.05) is 54.6 Å². The molecule has 2 aromatic heterocycles. The summed E-state index contributed by atoms with van der Waals surface area (Å²) in [6.07, 6.45) is 1.06. The van der Waals surface area contributed by atoms with Crippen LogP contribution >= 0.6 is 0 Å². The van der Waals surface area contributed by atoms with Crippen LogP contribution in [0, 0.1) is 5.92 Å². The monoisotopic (exact) mass is 610 g/mol. The number of aromatic amines is 1. The number of imidazole rings is 1. The van der Waals surface area contributed by atoms with Crippen molar-refractivity contribution in [2.45, 2.75) is 52.0 Å². The zero-order chi connectivity index (χ0) is 31.3. The van der Waals surface area contributed by atoms with E-state index in [4.69, 9.17) is 18.9 Å². The predicted octanol–water partition coefficient (Wildman–Crippen LogP) is 5.19. The molecule has 12 nitrogen and oxygen atoms in total. The Hall–Kier alpha value is -5.10. The van der Waals surface area contributed by atoms with Crippen molar-refractivity contribution >= 4 is 23.0 Å². The summed E-state index contributed by atoms with van der Waals surface area (Å²) in [4.78, 5) is 30.8. The number of rotatable bonds is 11. The molecule has 0 saturated heterocycles. The molecule has 2 heterocycles. The zero-order valence-corrected chi connectivity index (χ0v) is 25.3. The van der Waals surface area contributed by atoms with Gasteiger partial charge in [0.2, 0.25) is 6.29 Å². The number of carbonyl (C=O) groups excluding carboxylic acids is 2. The number of methoxy groups -OCH3 is 1. The van der Waals surface area contributed by atoms with Crippen molar-refractivity contribution < 1.29 is 28.5 Å². The van der Waals surface area contributed by atoms with E-state index in [1.165, 1.54) is 0 Å². The first-order chi connectivity index (χ1) is 21.9. The van der Waals surface area contributed by atoms with E-state index in [1.54, 1.807) is 26.2 Å². The largest absolute Gasteiger partial charge is 0.465 e. The van der Waals surface area contributed by atoms with E-state index in [0.717, 1.165) is 28.7 Å². The standard InChI is InChI=1S/C33H34N6O6/c1-4-43-33-34-28-11-7-10-27(32(41)45-20(2)44-31(40)23-16-17-24(18-23)42-3)29(28)39(33)19-21-12-14-22(15-13-21)25-8-5-6-9-26(25)30-35-37-38-36-30/h5-15,20,23-24H,4,16-19H2,1-3H3,(H,35,36,37,38)/t20?,23-,24+/m0/s1. The van der Waals surface area contributed by atoms with Crippen LogP contribution < -0.4 is 4.74 Å². The van der Waals surface area contributed by atoms with Crippen LogP contribution in [0.2, 0.25) is 0 Å². The number of nitrogens with one attached hydrogen (secondary N) is 1. The number of esters is 2. The molecule has 3 aromatic carbocycles. The number of ether oxygens (including phenoxy) is 4. The van der Waals surface area contributed by atoms with E-state index in [0.29, 0.717) is 54.4 Å². The highest BCUT2D eigenvalue weighted by Gasteiger charge is 2.32. The Morgan fingerprint density at radius 3 is 2.51 bits per heavy atom. The number of nitrogens with zero attached hydrogens (tertiary/aromatic N) is 5. The molecule has 1 saturated carbocycles. The van der Waals surface area contributed by atoms with Crippen LogP contribution in [0.1, 0.15) is 49.0 Å². The Morgan fingerprint density at radius 2 is 1.80 bits per heavy atom. The molecule has 1 aliphatic rings. The molecule has 3 atom stereocenters. The lowest BCUT2D eigenvalue weighted by Gasteiger charge is -2.17. The zero-order valence-electron chi connectivity index (χ0n) is 25.3. The second-order valence-corrected chi connectivity index (χ2v) is 10.9. The van der Waals surface area contributed by atoms with Crippen LogP contribution in [0.4, 0.5) is 0 Å². The summed E-state index contributed by atoms with van der Waals surface area (Å²) in [5.74, 6) is -0.697. The fourth-order valence-corrected chi connectivity index (χ4v) is 5.77. The van der Waals surface area contributed by atoms with Gasteiger partial charge >= 0.3 is 11.9 Å². The van der Waals surface area contributed by atoms with Gasteiger partial charge in [-0.2, -0.15) is 4.98 Å². The first-order valence-electron chi connectivity index (χ1n) is 14.9. The summed E-state index contributed by atoms with van der Waals surface area (Å²) in [5.41, 5.74) is 5.27. The predicted molar refractivity (Wildman–Crippen MR) is 164 cm³/mol. The lowest BCUT2D eigenvalue weighted by atomic mass is 9.98. The van der Waals surface area contributed by atoms with E-state index >= 15 is 0 Å². The van der Waals surface area contributed by atoms with Crippen LogP contribution in [0.15, 0.2) is 66.7 Å². The van der Waals surface area contributed by atoms with Gasteiger partial charge in [0.1, 0.15) is 0 Å². The number of H-pyrrole nitrogens is 1. The molecule has 232 valence electrons. The van der Waals surface area contributed by atoms with Crippen molar-refractivity contribution in [3.8, 4) is 28.5 Å². The van der Waals surface area contributed by atoms with Crippen molar-refractivity contribution in [3.63, 3.8) is 0 Å². The summed E-state index contributed by atoms with van der Waals surface area (Å²) in [5, 5.41) is 14.3. The van der Waals surface area contributed by atoms with E-state index in [9.17, 15) is 9.59 Å². The highest BCUT2D eigenvalue weighted by Crippen LogP contribution is 2.32. The Kier molecular flexibility index (Phi) is 8.83. The minimum Gasteiger partial charge on any atom is -0.465 e. The summed E-state index contributed by atoms with van der Waals surface area (Å²) in [7, 11) is 1.64. The third kappa shape index (κ3) is 6.41. The minimum absolute atomic E-state index is 0.0432. The second kappa shape index (κ2) is 13.3. The van der Waals surface area contributed by atoms with Crippen LogP contribution in [0.25, 0.3) is 33.5 Å². The highest BCUT2D eigenvalue weighted by atomic mass is 16.7. The maximum Gasteiger partial charge on any atom is 0.343 e. The highest BCUT2D eigenvalue weighted by molar-refractivity contribution is 6.02. The van der Waals surface area contributed by atoms with Gasteiger partial charge in [-0.05, 0) is 65.4 Å². The Labute approximate surface area is 259 Å². The molecule has 12 heteroatoms. The van der Waals surface area contributed by atoms with Crippen LogP contribution in [0.3, 0.4) is 0 Å². The SMILES string of the molecule is CCOc1nc2cccc(C(=O)OC(C)OC(=O)[C@H]3CC[C@@H](OC)C3)c2n1Cc1ccc(-c2ccccc2-c2nnn[nH]2)cc1. The lowest BCUT2D eigenvalue weighted by molar-refractivity contribution is -0.170. The number of benzene rings is 3. The Bertz CT molecular complexity index is 1790. The fourth-order valence-electron chi connectivity index (χ4n) is 5.77. The topological polar surface area (TPSA) is 143 Å². The molecule has 0 radical (unpaired) electrons. The number of hydrogen-bond donors (Lipinski definition) is 1. The first-order valence-corrected chi connectivity index (χ1v) is 14.9. The third-order valence-electron chi connectivity index (χ3n) is 7.96. The number of aromatic nitrogens is 6. The summed E-state index contributed by atoms with van der Waals surface area (Å²) in [6, 6.07) is 21.6. The lowest BCUT2D eigenvalue weighted by Crippen LogP contribution is -2.26. The Balaban J connectivity index is 1.24. The van der Waals surface area contributed by atoms with Crippen LogP contribution in [-0.4, -0.2) is 68.2 Å². The molecule has 0 spiro atoms. The van der Waals surface area contributed by atoms with Gasteiger partial charge < -0.3 is 18.9 Å². The molecule has 1 unspecified atom stereocenters. The van der Waals surface area contributed by atoms with Gasteiger partial charge in [-0.15, -0.1) is 5.10 Å². The molecule has 45 heavy (non-hydrogen) atoms. The average molecular weight is 611 g/mol. The number of para-hydroxylation sites is 1. The van der Waals surface area contributed by atoms with Crippen molar-refractivity contribution in [2.75, 3.05) is 13.7 Å². The van der Waals surface area contributed by atoms with E-state index < -0.39 is 12.3 Å². The molecule has 0 bridgehead atoms. The molecule has 1 aliphatic carbocycles. The second-order valence-electron chi connectivity index (χ2n) is 10.9. The van der Waals surface area contributed by atoms with Gasteiger partial charge in [0.25, 0.3) is 6.01 Å². The van der Waals surface area contributed by atoms with Crippen molar-refractivity contribution in [1.29, 1.82) is 0 Å². The number of hydrogen-bond acceptors (Lipinski definition) is 10. The summed E-state index contributed by atoms with van der Waals surface area (Å²) >= 11 is 0. The van der Waals surface area contributed by atoms with Gasteiger partial charge in [0, 0.05) is 19.6 Å². The molecule has 1 N–H and O–H groups in total. The molecule has 5 aromatic rings. The maximum absolute atomic E-state index is 13.4. The minimum atomic E-state index is -1.06. The quantitative estimate of drug-likeness (QED) is 0.157. The molecule has 1 fully saturated rings. The fraction of sp³-hybridized carbons (Fsp3) is 0.333. The van der Waals surface area contributed by atoms with Crippen molar-refractivity contribution in [2.24, 2.45) is 5.92 Å². The molecule has 6 rings (SSSR count). The van der Waals surface area contributed by atoms with Gasteiger partial charge in [-0.25, -0.2) is 9.89 Å². The number of fused-ring (bicyclic) bond motifs is 1. The molecular weight excluding hydrogens is 576 g/mol. The first kappa shape index (κ1) is 29.9. The number of tetrazole rings is 1. The average Bonchev–Trinajstić information content (AvgIpc) is 3.83. The van der Waals surface area contributed by atoms with Crippen LogP contribution in [0.5, 0.6) is 6.01 Å². The van der Waals surface area contributed by atoms with E-state index in [-0.39, 0.29) is 18.0 Å². The number of carbonyl (C=O) groups is 2. The Morgan fingerprint density at radius 1 is 1.00 bits per heavy atom. The summed E-state index contributed by atoms with van der Waals surface area (Å²) < 4.78 is 24.2. The normalized spacial score (nSPS) is 16.9. The van der Waals surface area contributed by atoms with Gasteiger partial charge in [0.15, 0.2) is 5.82 Å². The molecule has 0 aliphatic heterocycles. The van der Waals surface area contributed by atoms with Gasteiger partial charge in [0.05, 0.1) is 41.8 Å². The van der Waals surface area contributed by atoms with Gasteiger partial charge in [-0.3, -0.25) is 9.36 Å². The van der Waals surface area contributed by atoms with E-state index in [1.807, 2.05) is 66.1 Å². The molecule has 0 amide bonds. The summed E-state index contributed by atoms with van der Waals surface area (Å²) in [6.45, 7) is 4.20. The van der Waals surface area contributed by atoms with Crippen LogP contribution in [-0.2, 0) is 25.5 Å². The van der Waals surface area contributed by atoms with Crippen molar-refractivity contribution in [1.82, 2.24) is 30.2 Å². The molecular formula is C33H34N6O6. The van der Waals surface area contributed by atoms with E-state index in [2.05, 4.69) is 25.6 Å². The maximum atomic E-state index is 13.4. The van der Waals surface area contributed by atoms with Crippen molar-refractivity contribution in [3.05, 3.63) is 77.9 Å². The third-order valence-corrected chi connectivity index (χ3v) is 7.96.